The maximum atomic E-state index is 6.76. The first-order chi connectivity index (χ1) is 11.8. The van der Waals surface area contributed by atoms with Crippen LogP contribution in [-0.2, 0) is 4.74 Å². The molecule has 0 bridgehead atoms. The zero-order valence-corrected chi connectivity index (χ0v) is 17.4. The fourth-order valence-corrected chi connectivity index (χ4v) is 6.34. The molecule has 0 radical (unpaired) electrons. The van der Waals surface area contributed by atoms with Crippen LogP contribution in [0.2, 0.25) is 0 Å². The van der Waals surface area contributed by atoms with E-state index in [2.05, 4.69) is 39.5 Å². The zero-order valence-electron chi connectivity index (χ0n) is 17.4. The van der Waals surface area contributed by atoms with Gasteiger partial charge in [-0.2, -0.15) is 0 Å². The summed E-state index contributed by atoms with van der Waals surface area (Å²) in [7, 11) is 0. The van der Waals surface area contributed by atoms with Gasteiger partial charge in [0, 0.05) is 17.6 Å². The van der Waals surface area contributed by atoms with Crippen LogP contribution in [0.1, 0.15) is 86.0 Å². The molecule has 2 heterocycles. The Labute approximate surface area is 156 Å². The minimum atomic E-state index is 0.0128. The van der Waals surface area contributed by atoms with Crippen molar-refractivity contribution in [3.63, 3.8) is 0 Å². The molecule has 25 heavy (non-hydrogen) atoms. The molecule has 4 atom stereocenters. The summed E-state index contributed by atoms with van der Waals surface area (Å²) >= 11 is 0. The number of nitrogens with zero attached hydrogens (tertiary/aromatic N) is 1. The molecule has 1 spiro atoms. The van der Waals surface area contributed by atoms with E-state index >= 15 is 0 Å². The van der Waals surface area contributed by atoms with Crippen molar-refractivity contribution in [2.75, 3.05) is 13.2 Å². The number of ether oxygens (including phenoxy) is 1. The van der Waals surface area contributed by atoms with E-state index in [1.807, 2.05) is 0 Å². The molecular formula is C22H42N2O. The van der Waals surface area contributed by atoms with E-state index in [1.54, 1.807) is 0 Å². The third kappa shape index (κ3) is 3.94. The van der Waals surface area contributed by atoms with E-state index in [0.717, 1.165) is 31.0 Å². The van der Waals surface area contributed by atoms with E-state index in [9.17, 15) is 0 Å². The molecule has 2 N–H and O–H groups in total. The average molecular weight is 351 g/mol. The number of hydrogen-bond donors (Lipinski definition) is 1. The van der Waals surface area contributed by atoms with Crippen molar-refractivity contribution >= 4 is 0 Å². The van der Waals surface area contributed by atoms with Crippen LogP contribution in [0.15, 0.2) is 0 Å². The van der Waals surface area contributed by atoms with Crippen LogP contribution in [0.3, 0.4) is 0 Å². The summed E-state index contributed by atoms with van der Waals surface area (Å²) in [6.45, 7) is 13.8. The van der Waals surface area contributed by atoms with Crippen molar-refractivity contribution in [2.45, 2.75) is 109 Å². The molecule has 0 aromatic rings. The van der Waals surface area contributed by atoms with Crippen LogP contribution < -0.4 is 5.73 Å². The first kappa shape index (κ1) is 19.6. The van der Waals surface area contributed by atoms with Crippen molar-refractivity contribution in [3.8, 4) is 0 Å². The predicted octanol–water partition coefficient (Wildman–Crippen LogP) is 4.59. The van der Waals surface area contributed by atoms with E-state index in [4.69, 9.17) is 10.5 Å². The molecule has 3 rings (SSSR count). The predicted molar refractivity (Wildman–Crippen MR) is 106 cm³/mol. The normalized spacial score (nSPS) is 39.6. The van der Waals surface area contributed by atoms with E-state index in [0.29, 0.717) is 17.6 Å². The summed E-state index contributed by atoms with van der Waals surface area (Å²) in [4.78, 5) is 2.92. The summed E-state index contributed by atoms with van der Waals surface area (Å²) in [5, 5.41) is 0. The van der Waals surface area contributed by atoms with Gasteiger partial charge in [-0.15, -0.1) is 0 Å². The lowest BCUT2D eigenvalue weighted by molar-refractivity contribution is -0.226. The van der Waals surface area contributed by atoms with Gasteiger partial charge < -0.3 is 10.5 Å². The Balaban J connectivity index is 1.93. The van der Waals surface area contributed by atoms with Gasteiger partial charge in [-0.1, -0.05) is 33.1 Å². The Hall–Kier alpha value is -0.120. The first-order valence-corrected chi connectivity index (χ1v) is 10.9. The Kier molecular flexibility index (Phi) is 5.88. The topological polar surface area (TPSA) is 38.5 Å². The van der Waals surface area contributed by atoms with Gasteiger partial charge in [-0.05, 0) is 70.6 Å². The van der Waals surface area contributed by atoms with Crippen molar-refractivity contribution < 1.29 is 4.74 Å². The second kappa shape index (κ2) is 7.48. The largest absolute Gasteiger partial charge is 0.377 e. The molecule has 3 heteroatoms. The van der Waals surface area contributed by atoms with E-state index < -0.39 is 0 Å². The zero-order chi connectivity index (χ0) is 18.2. The third-order valence-corrected chi connectivity index (χ3v) is 7.26. The van der Waals surface area contributed by atoms with Crippen molar-refractivity contribution in [2.24, 2.45) is 23.5 Å². The maximum absolute atomic E-state index is 6.76. The molecule has 1 saturated carbocycles. The van der Waals surface area contributed by atoms with Crippen molar-refractivity contribution in [3.05, 3.63) is 0 Å². The standard InChI is InChI=1S/C22H42N2O/c1-16(2)11-19-12-18-13-21(5,23)10-8-6-7-9-20(18)24(17(3)4)22(19)14-25-15-22/h16-20H,6-15,23H2,1-5H3. The van der Waals surface area contributed by atoms with Gasteiger partial charge in [0.05, 0.1) is 18.8 Å². The van der Waals surface area contributed by atoms with Crippen molar-refractivity contribution in [1.82, 2.24) is 4.90 Å². The van der Waals surface area contributed by atoms with E-state index in [-0.39, 0.29) is 5.54 Å². The summed E-state index contributed by atoms with van der Waals surface area (Å²) in [6.07, 6.45) is 10.5. The van der Waals surface area contributed by atoms with E-state index in [1.165, 1.54) is 51.4 Å². The summed E-state index contributed by atoms with van der Waals surface area (Å²) in [5.74, 6) is 2.28. The molecule has 1 aliphatic carbocycles. The minimum absolute atomic E-state index is 0.0128. The third-order valence-electron chi connectivity index (χ3n) is 7.26. The Morgan fingerprint density at radius 3 is 2.40 bits per heavy atom. The van der Waals surface area contributed by atoms with Crippen LogP contribution in [0.4, 0.5) is 0 Å². The minimum Gasteiger partial charge on any atom is -0.377 e. The van der Waals surface area contributed by atoms with Gasteiger partial charge in [0.15, 0.2) is 0 Å². The smallest absolute Gasteiger partial charge is 0.0711 e. The summed E-state index contributed by atoms with van der Waals surface area (Å²) < 4.78 is 5.84. The molecule has 2 aliphatic heterocycles. The second-order valence-electron chi connectivity index (χ2n) is 10.4. The number of hydrogen-bond acceptors (Lipinski definition) is 3. The van der Waals surface area contributed by atoms with Gasteiger partial charge in [0.2, 0.25) is 0 Å². The number of nitrogens with two attached hydrogens (primary N) is 1. The molecule has 0 amide bonds. The number of fused-ring (bicyclic) bond motifs is 1. The SMILES string of the molecule is CC(C)CC1CC2CC(C)(N)CCCCCC2N(C(C)C)C12COC2. The highest BCUT2D eigenvalue weighted by molar-refractivity contribution is 5.11. The fraction of sp³-hybridized carbons (Fsp3) is 1.00. The molecule has 0 aromatic heterocycles. The Bertz CT molecular complexity index is 441. The quantitative estimate of drug-likeness (QED) is 0.809. The molecule has 146 valence electrons. The van der Waals surface area contributed by atoms with Crippen LogP contribution in [0.5, 0.6) is 0 Å². The lowest BCUT2D eigenvalue weighted by Gasteiger charge is -2.64. The summed E-state index contributed by atoms with van der Waals surface area (Å²) in [6, 6.07) is 1.30. The Morgan fingerprint density at radius 1 is 1.12 bits per heavy atom. The maximum Gasteiger partial charge on any atom is 0.0711 e. The van der Waals surface area contributed by atoms with Gasteiger partial charge >= 0.3 is 0 Å². The first-order valence-electron chi connectivity index (χ1n) is 10.9. The molecule has 2 saturated heterocycles. The highest BCUT2D eigenvalue weighted by Crippen LogP contribution is 2.50. The van der Waals surface area contributed by atoms with Crippen LogP contribution in [0.25, 0.3) is 0 Å². The highest BCUT2D eigenvalue weighted by Gasteiger charge is 2.57. The molecule has 3 nitrogen and oxygen atoms in total. The van der Waals surface area contributed by atoms with Crippen molar-refractivity contribution in [1.29, 1.82) is 0 Å². The highest BCUT2D eigenvalue weighted by atomic mass is 16.5. The Morgan fingerprint density at radius 2 is 1.84 bits per heavy atom. The molecular weight excluding hydrogens is 308 g/mol. The van der Waals surface area contributed by atoms with Gasteiger partial charge in [0.1, 0.15) is 0 Å². The molecule has 0 aromatic carbocycles. The molecule has 3 fully saturated rings. The van der Waals surface area contributed by atoms with Crippen LogP contribution in [0, 0.1) is 17.8 Å². The number of likely N-dealkylation sites (tertiary alicyclic amines) is 1. The van der Waals surface area contributed by atoms with Gasteiger partial charge in [-0.25, -0.2) is 0 Å². The number of piperidine rings is 1. The second-order valence-corrected chi connectivity index (χ2v) is 10.4. The summed E-state index contributed by atoms with van der Waals surface area (Å²) in [5.41, 5.74) is 7.08. The van der Waals surface area contributed by atoms with Crippen LogP contribution in [-0.4, -0.2) is 41.3 Å². The lowest BCUT2D eigenvalue weighted by atomic mass is 9.63. The average Bonchev–Trinajstić information content (AvgIpc) is 2.51. The van der Waals surface area contributed by atoms with Gasteiger partial charge in [-0.3, -0.25) is 4.90 Å². The molecule has 3 aliphatic rings. The van der Waals surface area contributed by atoms with Crippen LogP contribution >= 0.6 is 0 Å². The number of rotatable bonds is 3. The lowest BCUT2D eigenvalue weighted by Crippen LogP contribution is -2.74. The monoisotopic (exact) mass is 350 g/mol. The molecule has 4 unspecified atom stereocenters. The fourth-order valence-electron chi connectivity index (χ4n) is 6.34. The van der Waals surface area contributed by atoms with Gasteiger partial charge in [0.25, 0.3) is 0 Å².